The molecule has 0 saturated carbocycles. The summed E-state index contributed by atoms with van der Waals surface area (Å²) in [5.41, 5.74) is 17.5. The van der Waals surface area contributed by atoms with Crippen molar-refractivity contribution in [1.82, 2.24) is 10.0 Å². The number of nitrogens with two attached hydrogens (primary N) is 2. The van der Waals surface area contributed by atoms with E-state index in [1.54, 1.807) is 47.9 Å². The fraction of sp³-hybridized carbons (Fsp3) is 0.161. The summed E-state index contributed by atoms with van der Waals surface area (Å²) in [6, 6.07) is 23.2. The molecule has 0 bridgehead atoms. The number of rotatable bonds is 10. The van der Waals surface area contributed by atoms with Crippen LogP contribution < -0.4 is 16.9 Å². The number of hydrogen-bond donors (Lipinski definition) is 4. The first kappa shape index (κ1) is 27.3. The Morgan fingerprint density at radius 2 is 1.73 bits per heavy atom. The number of halogens is 1. The van der Waals surface area contributed by atoms with Crippen molar-refractivity contribution < 1.29 is 19.2 Å². The molecule has 6 N–H and O–H groups in total. The summed E-state index contributed by atoms with van der Waals surface area (Å²) in [5, 5.41) is 9.52. The Bertz CT molecular complexity index is 1690. The lowest BCUT2D eigenvalue weighted by atomic mass is 10.0. The number of anilines is 1. The summed E-state index contributed by atoms with van der Waals surface area (Å²) in [5.74, 6) is -1.17. The number of carbonyl (C=O) groups excluding carboxylic acids is 2. The maximum Gasteiger partial charge on any atom is 0.247 e. The molecule has 0 atom stereocenters. The van der Waals surface area contributed by atoms with Crippen molar-refractivity contribution in [2.24, 2.45) is 5.73 Å². The van der Waals surface area contributed by atoms with Gasteiger partial charge in [0.15, 0.2) is 5.82 Å². The van der Waals surface area contributed by atoms with Gasteiger partial charge in [0, 0.05) is 33.6 Å². The number of aryl methyl sites for hydroxylation is 1. The molecule has 0 aliphatic carbocycles. The van der Waals surface area contributed by atoms with E-state index in [1.165, 1.54) is 11.3 Å². The van der Waals surface area contributed by atoms with E-state index in [9.17, 15) is 9.59 Å². The minimum Gasteiger partial charge on any atom is -0.399 e. The SMILES string of the molecule is NCCCCn1c(-c2ccccc2)c(F)c2ccc(C(=O)c3cc(CC(=O)NO)c(-c4cccc(N)c4)s3)cc21. The van der Waals surface area contributed by atoms with Crippen LogP contribution in [0.15, 0.2) is 78.9 Å². The molecule has 0 fully saturated rings. The van der Waals surface area contributed by atoms with Crippen molar-refractivity contribution in [2.75, 3.05) is 12.3 Å². The molecule has 2 heterocycles. The third kappa shape index (κ3) is 5.40. The fourth-order valence-corrected chi connectivity index (χ4v) is 6.06. The van der Waals surface area contributed by atoms with Crippen LogP contribution in [0, 0.1) is 5.82 Å². The first-order valence-corrected chi connectivity index (χ1v) is 13.8. The zero-order chi connectivity index (χ0) is 28.2. The van der Waals surface area contributed by atoms with Crippen molar-refractivity contribution in [3.8, 4) is 21.7 Å². The number of nitrogens with one attached hydrogen (secondary N) is 1. The van der Waals surface area contributed by atoms with Gasteiger partial charge in [-0.3, -0.25) is 14.8 Å². The number of hydroxylamine groups is 1. The number of thiophene rings is 1. The van der Waals surface area contributed by atoms with Gasteiger partial charge in [0.05, 0.1) is 22.5 Å². The largest absolute Gasteiger partial charge is 0.399 e. The Balaban J connectivity index is 1.60. The predicted octanol–water partition coefficient (Wildman–Crippen LogP) is 5.78. The third-order valence-corrected chi connectivity index (χ3v) is 8.03. The summed E-state index contributed by atoms with van der Waals surface area (Å²) in [6.45, 7) is 1.09. The average molecular weight is 557 g/mol. The van der Waals surface area contributed by atoms with Crippen LogP contribution in [0.4, 0.5) is 10.1 Å². The summed E-state index contributed by atoms with van der Waals surface area (Å²) < 4.78 is 17.7. The molecule has 40 heavy (non-hydrogen) atoms. The second-order valence-corrected chi connectivity index (χ2v) is 10.6. The van der Waals surface area contributed by atoms with E-state index in [2.05, 4.69) is 0 Å². The molecule has 1 amide bonds. The van der Waals surface area contributed by atoms with Crippen LogP contribution in [0.3, 0.4) is 0 Å². The summed E-state index contributed by atoms with van der Waals surface area (Å²) >= 11 is 1.25. The Hall–Kier alpha value is -4.31. The highest BCUT2D eigenvalue weighted by Gasteiger charge is 2.23. The highest BCUT2D eigenvalue weighted by molar-refractivity contribution is 7.17. The molecule has 7 nitrogen and oxygen atoms in total. The lowest BCUT2D eigenvalue weighted by Crippen LogP contribution is -2.20. The van der Waals surface area contributed by atoms with Crippen LogP contribution in [-0.4, -0.2) is 28.0 Å². The number of unbranched alkanes of at least 4 members (excludes halogenated alkanes) is 1. The Kier molecular flexibility index (Phi) is 8.06. The quantitative estimate of drug-likeness (QED) is 0.0571. The molecule has 0 saturated heterocycles. The van der Waals surface area contributed by atoms with Crippen LogP contribution in [0.1, 0.15) is 33.6 Å². The van der Waals surface area contributed by atoms with Crippen molar-refractivity contribution in [1.29, 1.82) is 0 Å². The van der Waals surface area contributed by atoms with Gasteiger partial charge in [0.2, 0.25) is 11.7 Å². The first-order chi connectivity index (χ1) is 19.4. The number of ketones is 1. The molecule has 3 aromatic carbocycles. The topological polar surface area (TPSA) is 123 Å². The van der Waals surface area contributed by atoms with Crippen molar-refractivity contribution in [3.05, 3.63) is 101 Å². The van der Waals surface area contributed by atoms with Gasteiger partial charge in [-0.05, 0) is 60.8 Å². The number of carbonyl (C=O) groups is 2. The van der Waals surface area contributed by atoms with Crippen LogP contribution in [0.25, 0.3) is 32.6 Å². The van der Waals surface area contributed by atoms with E-state index in [0.29, 0.717) is 56.3 Å². The molecule has 5 aromatic rings. The molecule has 0 aliphatic rings. The van der Waals surface area contributed by atoms with Gasteiger partial charge >= 0.3 is 0 Å². The molecule has 9 heteroatoms. The first-order valence-electron chi connectivity index (χ1n) is 12.9. The molecule has 2 aromatic heterocycles. The summed E-state index contributed by atoms with van der Waals surface area (Å²) in [6.07, 6.45) is 1.45. The van der Waals surface area contributed by atoms with Crippen molar-refractivity contribution in [3.63, 3.8) is 0 Å². The van der Waals surface area contributed by atoms with Gasteiger partial charge in [-0.1, -0.05) is 48.5 Å². The fourth-order valence-electron chi connectivity index (χ4n) is 4.92. The zero-order valence-electron chi connectivity index (χ0n) is 21.7. The van der Waals surface area contributed by atoms with E-state index in [0.717, 1.165) is 24.0 Å². The lowest BCUT2D eigenvalue weighted by Gasteiger charge is -2.11. The zero-order valence-corrected chi connectivity index (χ0v) is 22.5. The summed E-state index contributed by atoms with van der Waals surface area (Å²) in [7, 11) is 0. The van der Waals surface area contributed by atoms with E-state index in [1.807, 2.05) is 41.0 Å². The molecular weight excluding hydrogens is 527 g/mol. The van der Waals surface area contributed by atoms with Gasteiger partial charge < -0.3 is 16.0 Å². The Morgan fingerprint density at radius 3 is 2.45 bits per heavy atom. The average Bonchev–Trinajstić information content (AvgIpc) is 3.51. The number of fused-ring (bicyclic) bond motifs is 1. The minimum absolute atomic E-state index is 0.112. The monoisotopic (exact) mass is 556 g/mol. The number of aromatic nitrogens is 1. The highest BCUT2D eigenvalue weighted by atomic mass is 32.1. The van der Waals surface area contributed by atoms with Gasteiger partial charge in [0.25, 0.3) is 0 Å². The third-order valence-electron chi connectivity index (χ3n) is 6.81. The van der Waals surface area contributed by atoms with Crippen molar-refractivity contribution >= 4 is 39.6 Å². The molecule has 0 unspecified atom stereocenters. The van der Waals surface area contributed by atoms with E-state index < -0.39 is 5.91 Å². The Labute approximate surface area is 234 Å². The molecule has 0 aliphatic heterocycles. The second-order valence-electron chi connectivity index (χ2n) is 9.54. The van der Waals surface area contributed by atoms with Gasteiger partial charge in [-0.25, -0.2) is 9.87 Å². The molecule has 0 radical (unpaired) electrons. The van der Waals surface area contributed by atoms with Crippen LogP contribution in [-0.2, 0) is 17.8 Å². The maximum atomic E-state index is 15.8. The normalized spacial score (nSPS) is 11.2. The highest BCUT2D eigenvalue weighted by Crippen LogP contribution is 2.37. The number of benzene rings is 3. The number of amides is 1. The number of nitrogen functional groups attached to an aromatic ring is 1. The lowest BCUT2D eigenvalue weighted by molar-refractivity contribution is -0.128. The number of hydrogen-bond acceptors (Lipinski definition) is 6. The van der Waals surface area contributed by atoms with Gasteiger partial charge in [-0.15, -0.1) is 11.3 Å². The van der Waals surface area contributed by atoms with Crippen LogP contribution >= 0.6 is 11.3 Å². The molecular formula is C31H29FN4O3S. The van der Waals surface area contributed by atoms with Gasteiger partial charge in [-0.2, -0.15) is 0 Å². The van der Waals surface area contributed by atoms with Crippen molar-refractivity contribution in [2.45, 2.75) is 25.8 Å². The standard InChI is InChI=1S/C31H29FN4O3S/c32-28-24-12-11-20(16-25(24)36(14-5-4-13-33)29(28)19-7-2-1-3-8-19)30(38)26-17-22(18-27(37)35-39)31(40-26)21-9-6-10-23(34)15-21/h1-3,6-12,15-17,39H,4-5,13-14,18,33-34H2,(H,35,37). The van der Waals surface area contributed by atoms with E-state index >= 15 is 4.39 Å². The second kappa shape index (κ2) is 11.8. The maximum absolute atomic E-state index is 15.8. The predicted molar refractivity (Wildman–Crippen MR) is 157 cm³/mol. The Morgan fingerprint density at radius 1 is 0.950 bits per heavy atom. The van der Waals surface area contributed by atoms with Crippen LogP contribution in [0.2, 0.25) is 0 Å². The van der Waals surface area contributed by atoms with E-state index in [-0.39, 0.29) is 18.0 Å². The number of nitrogens with zero attached hydrogens (tertiary/aromatic N) is 1. The minimum atomic E-state index is -0.595. The molecule has 5 rings (SSSR count). The van der Waals surface area contributed by atoms with E-state index in [4.69, 9.17) is 16.7 Å². The smallest absolute Gasteiger partial charge is 0.247 e. The van der Waals surface area contributed by atoms with Crippen LogP contribution in [0.5, 0.6) is 0 Å². The summed E-state index contributed by atoms with van der Waals surface area (Å²) in [4.78, 5) is 26.9. The molecule has 204 valence electrons. The van der Waals surface area contributed by atoms with Gasteiger partial charge in [0.1, 0.15) is 0 Å². The molecule has 0 spiro atoms.